The summed E-state index contributed by atoms with van der Waals surface area (Å²) in [4.78, 5) is 21.3. The molecule has 1 N–H and O–H groups in total. The van der Waals surface area contributed by atoms with Crippen LogP contribution in [0, 0.1) is 18.3 Å². The Kier molecular flexibility index (Phi) is 6.87. The number of hydrogen-bond donors (Lipinski definition) is 1. The molecule has 0 bridgehead atoms. The summed E-state index contributed by atoms with van der Waals surface area (Å²) in [7, 11) is 3.92. The van der Waals surface area contributed by atoms with Gasteiger partial charge in [-0.2, -0.15) is 5.26 Å². The first-order valence-electron chi connectivity index (χ1n) is 9.90. The van der Waals surface area contributed by atoms with Gasteiger partial charge in [-0.15, -0.1) is 0 Å². The van der Waals surface area contributed by atoms with E-state index in [4.69, 9.17) is 4.74 Å². The summed E-state index contributed by atoms with van der Waals surface area (Å²) in [5, 5.41) is 20.3. The van der Waals surface area contributed by atoms with Crippen LogP contribution in [0.4, 0.5) is 11.4 Å². The fourth-order valence-electron chi connectivity index (χ4n) is 3.38. The van der Waals surface area contributed by atoms with Gasteiger partial charge in [-0.1, -0.05) is 0 Å². The van der Waals surface area contributed by atoms with Crippen LogP contribution >= 0.6 is 0 Å². The number of benzene rings is 1. The van der Waals surface area contributed by atoms with E-state index in [1.807, 2.05) is 49.3 Å². The van der Waals surface area contributed by atoms with Gasteiger partial charge in [0.1, 0.15) is 11.6 Å². The van der Waals surface area contributed by atoms with Gasteiger partial charge in [-0.05, 0) is 36.8 Å². The Morgan fingerprint density at radius 1 is 1.23 bits per heavy atom. The van der Waals surface area contributed by atoms with Crippen molar-refractivity contribution in [3.05, 3.63) is 51.3 Å². The molecule has 2 aromatic rings. The Bertz CT molecular complexity index is 1010. The largest absolute Gasteiger partial charge is 0.494 e. The summed E-state index contributed by atoms with van der Waals surface area (Å²) in [6, 6.07) is 9.62. The van der Waals surface area contributed by atoms with Gasteiger partial charge in [0.15, 0.2) is 0 Å². The third-order valence-electron chi connectivity index (χ3n) is 5.30. The van der Waals surface area contributed by atoms with Crippen molar-refractivity contribution in [2.75, 3.05) is 51.8 Å². The molecular formula is C22H27N5O3. The van der Waals surface area contributed by atoms with Crippen LogP contribution in [0.1, 0.15) is 16.7 Å². The lowest BCUT2D eigenvalue weighted by molar-refractivity contribution is 0.0360. The number of aromatic nitrogens is 1. The minimum Gasteiger partial charge on any atom is -0.494 e. The van der Waals surface area contributed by atoms with Gasteiger partial charge in [0.25, 0.3) is 5.56 Å². The highest BCUT2D eigenvalue weighted by Crippen LogP contribution is 2.22. The molecule has 158 valence electrons. The molecule has 0 aliphatic carbocycles. The number of nitrogens with zero attached hydrogens (tertiary/aromatic N) is 5. The maximum absolute atomic E-state index is 12.7. The van der Waals surface area contributed by atoms with E-state index in [1.165, 1.54) is 10.8 Å². The highest BCUT2D eigenvalue weighted by Gasteiger charge is 2.19. The zero-order valence-electron chi connectivity index (χ0n) is 17.6. The number of hydrogen-bond acceptors (Lipinski definition) is 7. The molecule has 30 heavy (non-hydrogen) atoms. The van der Waals surface area contributed by atoms with Crippen molar-refractivity contribution in [1.82, 2.24) is 9.47 Å². The topological polar surface area (TPSA) is 94.1 Å². The first kappa shape index (κ1) is 21.6. The van der Waals surface area contributed by atoms with Crippen LogP contribution in [-0.4, -0.2) is 67.7 Å². The van der Waals surface area contributed by atoms with Gasteiger partial charge < -0.3 is 14.7 Å². The van der Waals surface area contributed by atoms with Crippen molar-refractivity contribution < 1.29 is 9.84 Å². The second kappa shape index (κ2) is 9.57. The number of nitriles is 1. The van der Waals surface area contributed by atoms with Crippen LogP contribution in [0.15, 0.2) is 34.1 Å². The van der Waals surface area contributed by atoms with Crippen LogP contribution in [0.25, 0.3) is 0 Å². The molecular weight excluding hydrogens is 382 g/mol. The van der Waals surface area contributed by atoms with Crippen molar-refractivity contribution in [2.24, 2.45) is 4.99 Å². The van der Waals surface area contributed by atoms with Gasteiger partial charge in [0, 0.05) is 52.2 Å². The highest BCUT2D eigenvalue weighted by atomic mass is 16.5. The lowest BCUT2D eigenvalue weighted by Gasteiger charge is -2.27. The molecule has 0 saturated carbocycles. The number of pyridine rings is 1. The van der Waals surface area contributed by atoms with Crippen LogP contribution in [0.5, 0.6) is 5.88 Å². The minimum absolute atomic E-state index is 0.0270. The molecule has 0 spiro atoms. The maximum atomic E-state index is 12.7. The molecule has 1 aromatic carbocycles. The van der Waals surface area contributed by atoms with Gasteiger partial charge in [-0.3, -0.25) is 19.3 Å². The van der Waals surface area contributed by atoms with E-state index in [2.05, 4.69) is 9.89 Å². The maximum Gasteiger partial charge on any atom is 0.271 e. The Labute approximate surface area is 176 Å². The van der Waals surface area contributed by atoms with Gasteiger partial charge >= 0.3 is 0 Å². The summed E-state index contributed by atoms with van der Waals surface area (Å²) < 4.78 is 6.60. The molecule has 0 amide bonds. The normalized spacial score (nSPS) is 14.7. The van der Waals surface area contributed by atoms with Crippen molar-refractivity contribution in [2.45, 2.75) is 13.5 Å². The molecule has 8 nitrogen and oxygen atoms in total. The number of anilines is 1. The van der Waals surface area contributed by atoms with Crippen molar-refractivity contribution >= 4 is 17.6 Å². The second-order valence-electron chi connectivity index (χ2n) is 7.43. The molecule has 0 radical (unpaired) electrons. The van der Waals surface area contributed by atoms with E-state index in [0.717, 1.165) is 18.8 Å². The van der Waals surface area contributed by atoms with E-state index in [-0.39, 0.29) is 18.0 Å². The van der Waals surface area contributed by atoms with Crippen LogP contribution in [-0.2, 0) is 11.3 Å². The third kappa shape index (κ3) is 4.70. The van der Waals surface area contributed by atoms with Crippen molar-refractivity contribution in [1.29, 1.82) is 5.26 Å². The Morgan fingerprint density at radius 2 is 1.90 bits per heavy atom. The first-order valence-corrected chi connectivity index (χ1v) is 9.90. The van der Waals surface area contributed by atoms with E-state index >= 15 is 0 Å². The lowest BCUT2D eigenvalue weighted by atomic mass is 10.1. The fourth-order valence-corrected chi connectivity index (χ4v) is 3.38. The zero-order valence-corrected chi connectivity index (χ0v) is 17.6. The number of ether oxygens (including phenoxy) is 1. The third-order valence-corrected chi connectivity index (χ3v) is 5.30. The molecule has 2 heterocycles. The smallest absolute Gasteiger partial charge is 0.271 e. The molecule has 8 heteroatoms. The SMILES string of the molecule is Cc1c(C=Nc2ccc(N(C)C)cc2)c(O)n(CCN2CCOCC2)c(=O)c1C#N. The predicted molar refractivity (Wildman–Crippen MR) is 117 cm³/mol. The van der Waals surface area contributed by atoms with Crippen molar-refractivity contribution in [3.63, 3.8) is 0 Å². The van der Waals surface area contributed by atoms with Crippen LogP contribution in [0.2, 0.25) is 0 Å². The summed E-state index contributed by atoms with van der Waals surface area (Å²) in [5.74, 6) is -0.168. The van der Waals surface area contributed by atoms with Gasteiger partial charge in [-0.25, -0.2) is 0 Å². The number of aromatic hydroxyl groups is 1. The molecule has 1 aromatic heterocycles. The first-order chi connectivity index (χ1) is 14.4. The summed E-state index contributed by atoms with van der Waals surface area (Å²) >= 11 is 0. The summed E-state index contributed by atoms with van der Waals surface area (Å²) in [6.07, 6.45) is 1.51. The summed E-state index contributed by atoms with van der Waals surface area (Å²) in [5.41, 5.74) is 2.12. The standard InChI is InChI=1S/C22H27N5O3/c1-16-19(14-23)21(28)27(9-8-26-10-12-30-13-11-26)22(29)20(16)15-24-17-4-6-18(7-5-17)25(2)3/h4-7,15,29H,8-13H2,1-3H3. The molecule has 0 unspecified atom stereocenters. The molecule has 3 rings (SSSR count). The molecule has 0 atom stereocenters. The highest BCUT2D eigenvalue weighted by molar-refractivity contribution is 5.87. The predicted octanol–water partition coefficient (Wildman–Crippen LogP) is 1.88. The molecule has 1 saturated heterocycles. The number of rotatable bonds is 6. The summed E-state index contributed by atoms with van der Waals surface area (Å²) in [6.45, 7) is 5.41. The molecule has 1 aliphatic heterocycles. The average Bonchev–Trinajstić information content (AvgIpc) is 2.75. The Hall–Kier alpha value is -3.15. The Morgan fingerprint density at radius 3 is 2.50 bits per heavy atom. The van der Waals surface area contributed by atoms with Gasteiger partial charge in [0.2, 0.25) is 5.88 Å². The van der Waals surface area contributed by atoms with Gasteiger partial charge in [0.05, 0.1) is 24.5 Å². The van der Waals surface area contributed by atoms with Crippen LogP contribution in [0.3, 0.4) is 0 Å². The lowest BCUT2D eigenvalue weighted by Crippen LogP contribution is -2.39. The zero-order chi connectivity index (χ0) is 21.7. The average molecular weight is 409 g/mol. The van der Waals surface area contributed by atoms with E-state index < -0.39 is 5.56 Å². The van der Waals surface area contributed by atoms with E-state index in [1.54, 1.807) is 6.92 Å². The quantitative estimate of drug-likeness (QED) is 0.732. The monoisotopic (exact) mass is 409 g/mol. The molecule has 1 aliphatic rings. The second-order valence-corrected chi connectivity index (χ2v) is 7.43. The van der Waals surface area contributed by atoms with E-state index in [0.29, 0.717) is 36.6 Å². The minimum atomic E-state index is -0.478. The van der Waals surface area contributed by atoms with E-state index in [9.17, 15) is 15.2 Å². The van der Waals surface area contributed by atoms with Crippen molar-refractivity contribution in [3.8, 4) is 11.9 Å². The number of aliphatic imine (C=N–C) groups is 1. The Balaban J connectivity index is 1.91. The molecule has 1 fully saturated rings. The fraction of sp³-hybridized carbons (Fsp3) is 0.409. The van der Waals surface area contributed by atoms with Crippen LogP contribution < -0.4 is 10.5 Å². The number of morpholine rings is 1.